The van der Waals surface area contributed by atoms with E-state index >= 15 is 0 Å². The number of rotatable bonds is 3. The fourth-order valence-electron chi connectivity index (χ4n) is 2.66. The molecule has 4 nitrogen and oxygen atoms in total. The number of anilines is 1. The van der Waals surface area contributed by atoms with Crippen LogP contribution in [-0.4, -0.2) is 12.1 Å². The molecule has 0 fully saturated rings. The van der Waals surface area contributed by atoms with E-state index in [0.29, 0.717) is 22.6 Å². The molecular formula is C20H16BrN3O. The van der Waals surface area contributed by atoms with Gasteiger partial charge in [-0.15, -0.1) is 0 Å². The number of hydrogen-bond donors (Lipinski definition) is 1. The average molecular weight is 394 g/mol. The van der Waals surface area contributed by atoms with Gasteiger partial charge in [-0.1, -0.05) is 45.8 Å². The van der Waals surface area contributed by atoms with Gasteiger partial charge in [0.1, 0.15) is 23.2 Å². The fourth-order valence-corrected chi connectivity index (χ4v) is 3.02. The van der Waals surface area contributed by atoms with Crippen LogP contribution in [0.15, 0.2) is 53.0 Å². The van der Waals surface area contributed by atoms with Crippen molar-refractivity contribution in [3.63, 3.8) is 0 Å². The molecule has 0 saturated carbocycles. The van der Waals surface area contributed by atoms with E-state index in [1.165, 1.54) is 5.56 Å². The molecule has 3 aromatic rings. The van der Waals surface area contributed by atoms with Crippen LogP contribution in [0.5, 0.6) is 5.75 Å². The molecule has 0 aliphatic carbocycles. The Hall–Kier alpha value is -2.84. The van der Waals surface area contributed by atoms with E-state index < -0.39 is 0 Å². The van der Waals surface area contributed by atoms with Gasteiger partial charge in [-0.05, 0) is 31.2 Å². The Labute approximate surface area is 155 Å². The molecule has 0 amide bonds. The summed E-state index contributed by atoms with van der Waals surface area (Å²) in [6.45, 7) is 2.03. The molecule has 0 aliphatic heterocycles. The van der Waals surface area contributed by atoms with Gasteiger partial charge >= 0.3 is 0 Å². The second-order valence-electron chi connectivity index (χ2n) is 5.64. The van der Waals surface area contributed by atoms with Crippen molar-refractivity contribution in [3.05, 3.63) is 64.1 Å². The molecule has 3 rings (SSSR count). The van der Waals surface area contributed by atoms with Crippen LogP contribution in [0, 0.1) is 18.3 Å². The van der Waals surface area contributed by atoms with Crippen LogP contribution in [0.3, 0.4) is 0 Å². The lowest BCUT2D eigenvalue weighted by atomic mass is 9.97. The van der Waals surface area contributed by atoms with Crippen molar-refractivity contribution in [2.75, 3.05) is 12.8 Å². The van der Waals surface area contributed by atoms with Crippen molar-refractivity contribution < 1.29 is 4.74 Å². The van der Waals surface area contributed by atoms with Gasteiger partial charge in [0.15, 0.2) is 0 Å². The van der Waals surface area contributed by atoms with Crippen molar-refractivity contribution in [1.82, 2.24) is 4.98 Å². The zero-order valence-electron chi connectivity index (χ0n) is 13.9. The fraction of sp³-hybridized carbons (Fsp3) is 0.100. The number of benzene rings is 2. The standard InChI is InChI=1S/C20H16BrN3O/c1-12-3-5-13(6-4-12)18-10-15(17(11-22)20(23)24-18)16-9-14(21)7-8-19(16)25-2/h3-10H,1-2H3,(H2,23,24). The van der Waals surface area contributed by atoms with Crippen LogP contribution in [0.1, 0.15) is 11.1 Å². The molecule has 2 N–H and O–H groups in total. The first kappa shape index (κ1) is 17.0. The Morgan fingerprint density at radius 3 is 2.44 bits per heavy atom. The van der Waals surface area contributed by atoms with E-state index in [9.17, 15) is 5.26 Å². The van der Waals surface area contributed by atoms with Crippen molar-refractivity contribution in [3.8, 4) is 34.2 Å². The Morgan fingerprint density at radius 1 is 1.08 bits per heavy atom. The number of pyridine rings is 1. The predicted octanol–water partition coefficient (Wildman–Crippen LogP) is 4.95. The van der Waals surface area contributed by atoms with Crippen LogP contribution in [0.25, 0.3) is 22.4 Å². The Bertz CT molecular complexity index is 975. The van der Waals surface area contributed by atoms with Crippen LogP contribution in [0.2, 0.25) is 0 Å². The van der Waals surface area contributed by atoms with Gasteiger partial charge in [0.25, 0.3) is 0 Å². The van der Waals surface area contributed by atoms with Crippen LogP contribution in [0.4, 0.5) is 5.82 Å². The summed E-state index contributed by atoms with van der Waals surface area (Å²) in [7, 11) is 1.60. The first-order valence-electron chi connectivity index (χ1n) is 7.65. The van der Waals surface area contributed by atoms with E-state index in [2.05, 4.69) is 27.0 Å². The van der Waals surface area contributed by atoms with Gasteiger partial charge in [-0.2, -0.15) is 5.26 Å². The summed E-state index contributed by atoms with van der Waals surface area (Å²) in [6.07, 6.45) is 0. The van der Waals surface area contributed by atoms with Crippen LogP contribution in [-0.2, 0) is 0 Å². The summed E-state index contributed by atoms with van der Waals surface area (Å²) in [6, 6.07) is 17.7. The Balaban J connectivity index is 2.27. The molecule has 25 heavy (non-hydrogen) atoms. The molecule has 0 bridgehead atoms. The van der Waals surface area contributed by atoms with Crippen molar-refractivity contribution in [2.24, 2.45) is 0 Å². The quantitative estimate of drug-likeness (QED) is 0.682. The monoisotopic (exact) mass is 393 g/mol. The van der Waals surface area contributed by atoms with E-state index in [1.807, 2.05) is 55.5 Å². The highest BCUT2D eigenvalue weighted by atomic mass is 79.9. The van der Waals surface area contributed by atoms with Crippen LogP contribution >= 0.6 is 15.9 Å². The van der Waals surface area contributed by atoms with Gasteiger partial charge in [-0.3, -0.25) is 0 Å². The highest BCUT2D eigenvalue weighted by Crippen LogP contribution is 2.37. The second-order valence-corrected chi connectivity index (χ2v) is 6.55. The number of aromatic nitrogens is 1. The zero-order valence-corrected chi connectivity index (χ0v) is 15.5. The van der Waals surface area contributed by atoms with Gasteiger partial charge in [0.2, 0.25) is 0 Å². The molecule has 0 radical (unpaired) electrons. The largest absolute Gasteiger partial charge is 0.496 e. The maximum Gasteiger partial charge on any atom is 0.142 e. The minimum absolute atomic E-state index is 0.206. The molecule has 1 heterocycles. The van der Waals surface area contributed by atoms with E-state index in [1.54, 1.807) is 7.11 Å². The Morgan fingerprint density at radius 2 is 1.80 bits per heavy atom. The SMILES string of the molecule is COc1ccc(Br)cc1-c1cc(-c2ccc(C)cc2)nc(N)c1C#N. The van der Waals surface area contributed by atoms with Gasteiger partial charge in [-0.25, -0.2) is 4.98 Å². The highest BCUT2D eigenvalue weighted by molar-refractivity contribution is 9.10. The predicted molar refractivity (Wildman–Crippen MR) is 103 cm³/mol. The van der Waals surface area contributed by atoms with Gasteiger partial charge in [0.05, 0.1) is 12.8 Å². The summed E-state index contributed by atoms with van der Waals surface area (Å²) in [5.41, 5.74) is 10.7. The molecule has 0 atom stereocenters. The zero-order chi connectivity index (χ0) is 18.0. The number of nitrogens with two attached hydrogens (primary N) is 1. The maximum absolute atomic E-state index is 9.57. The number of halogens is 1. The van der Waals surface area contributed by atoms with Crippen LogP contribution < -0.4 is 10.5 Å². The topological polar surface area (TPSA) is 71.9 Å². The maximum atomic E-state index is 9.57. The normalized spacial score (nSPS) is 10.3. The minimum Gasteiger partial charge on any atom is -0.496 e. The number of aryl methyl sites for hydroxylation is 1. The molecular weight excluding hydrogens is 378 g/mol. The molecule has 0 spiro atoms. The molecule has 1 aromatic heterocycles. The third-order valence-corrected chi connectivity index (χ3v) is 4.45. The third kappa shape index (κ3) is 3.35. The van der Waals surface area contributed by atoms with Crippen molar-refractivity contribution >= 4 is 21.7 Å². The first-order chi connectivity index (χ1) is 12.0. The lowest BCUT2D eigenvalue weighted by Crippen LogP contribution is -2.00. The number of nitrogen functional groups attached to an aromatic ring is 1. The van der Waals surface area contributed by atoms with Crippen molar-refractivity contribution in [1.29, 1.82) is 5.26 Å². The number of nitriles is 1. The lowest BCUT2D eigenvalue weighted by molar-refractivity contribution is 0.416. The molecule has 0 saturated heterocycles. The average Bonchev–Trinajstić information content (AvgIpc) is 2.61. The Kier molecular flexibility index (Phi) is 4.73. The van der Waals surface area contributed by atoms with E-state index in [-0.39, 0.29) is 5.82 Å². The summed E-state index contributed by atoms with van der Waals surface area (Å²) < 4.78 is 6.35. The molecule has 0 unspecified atom stereocenters. The molecule has 124 valence electrons. The van der Waals surface area contributed by atoms with Gasteiger partial charge < -0.3 is 10.5 Å². The molecule has 5 heteroatoms. The number of ether oxygens (including phenoxy) is 1. The molecule has 2 aromatic carbocycles. The highest BCUT2D eigenvalue weighted by Gasteiger charge is 2.17. The minimum atomic E-state index is 0.206. The summed E-state index contributed by atoms with van der Waals surface area (Å²) in [5.74, 6) is 0.873. The van der Waals surface area contributed by atoms with E-state index in [4.69, 9.17) is 10.5 Å². The smallest absolute Gasteiger partial charge is 0.142 e. The number of hydrogen-bond acceptors (Lipinski definition) is 4. The summed E-state index contributed by atoms with van der Waals surface area (Å²) in [5, 5.41) is 9.57. The number of methoxy groups -OCH3 is 1. The summed E-state index contributed by atoms with van der Waals surface area (Å²) in [4.78, 5) is 4.41. The molecule has 0 aliphatic rings. The number of nitrogens with zero attached hydrogens (tertiary/aromatic N) is 2. The van der Waals surface area contributed by atoms with Crippen molar-refractivity contribution in [2.45, 2.75) is 6.92 Å². The second kappa shape index (κ2) is 6.96. The van der Waals surface area contributed by atoms with E-state index in [0.717, 1.165) is 15.6 Å². The first-order valence-corrected chi connectivity index (χ1v) is 8.44. The summed E-state index contributed by atoms with van der Waals surface area (Å²) >= 11 is 3.47. The third-order valence-electron chi connectivity index (χ3n) is 3.96. The lowest BCUT2D eigenvalue weighted by Gasteiger charge is -2.13. The van der Waals surface area contributed by atoms with Gasteiger partial charge in [0, 0.05) is 21.2 Å².